The zero-order valence-corrected chi connectivity index (χ0v) is 16.1. The van der Waals surface area contributed by atoms with Crippen LogP contribution in [0.2, 0.25) is 0 Å². The molecule has 0 aliphatic carbocycles. The Morgan fingerprint density at radius 2 is 1.72 bits per heavy atom. The molecule has 1 fully saturated rings. The number of hydrogen-bond acceptors (Lipinski definition) is 6. The SMILES string of the molecule is COC(=O)c1c(C)[nH]c(C(=O)C(C)N2CCN(S(C)(=O)=O)CC2)c1C. The summed E-state index contributed by atoms with van der Waals surface area (Å²) >= 11 is 0. The van der Waals surface area contributed by atoms with Crippen molar-refractivity contribution >= 4 is 21.8 Å². The van der Waals surface area contributed by atoms with E-state index >= 15 is 0 Å². The molecule has 25 heavy (non-hydrogen) atoms. The van der Waals surface area contributed by atoms with Gasteiger partial charge in [0.05, 0.1) is 30.7 Å². The fourth-order valence-electron chi connectivity index (χ4n) is 3.20. The lowest BCUT2D eigenvalue weighted by Gasteiger charge is -2.36. The summed E-state index contributed by atoms with van der Waals surface area (Å²) in [6.07, 6.45) is 1.19. The second-order valence-electron chi connectivity index (χ2n) is 6.35. The minimum Gasteiger partial charge on any atom is -0.465 e. The van der Waals surface area contributed by atoms with Gasteiger partial charge in [0, 0.05) is 31.9 Å². The van der Waals surface area contributed by atoms with Crippen LogP contribution in [0.15, 0.2) is 0 Å². The maximum Gasteiger partial charge on any atom is 0.339 e. The van der Waals surface area contributed by atoms with Crippen LogP contribution < -0.4 is 0 Å². The Bertz CT molecular complexity index is 776. The highest BCUT2D eigenvalue weighted by Crippen LogP contribution is 2.22. The predicted molar refractivity (Wildman–Crippen MR) is 93.4 cm³/mol. The van der Waals surface area contributed by atoms with E-state index in [9.17, 15) is 18.0 Å². The first-order chi connectivity index (χ1) is 11.6. The number of ketones is 1. The number of aromatic nitrogens is 1. The molecule has 1 N–H and O–H groups in total. The number of nitrogens with zero attached hydrogens (tertiary/aromatic N) is 2. The summed E-state index contributed by atoms with van der Waals surface area (Å²) in [7, 11) is -1.90. The summed E-state index contributed by atoms with van der Waals surface area (Å²) in [5.74, 6) is -0.594. The Balaban J connectivity index is 2.15. The Morgan fingerprint density at radius 1 is 1.16 bits per heavy atom. The van der Waals surface area contributed by atoms with Crippen molar-refractivity contribution in [3.63, 3.8) is 0 Å². The second-order valence-corrected chi connectivity index (χ2v) is 8.34. The van der Waals surface area contributed by atoms with E-state index in [4.69, 9.17) is 4.74 Å². The third-order valence-corrected chi connectivity index (χ3v) is 6.05. The third-order valence-electron chi connectivity index (χ3n) is 4.74. The Kier molecular flexibility index (Phi) is 5.70. The van der Waals surface area contributed by atoms with E-state index in [-0.39, 0.29) is 5.78 Å². The van der Waals surface area contributed by atoms with Crippen molar-refractivity contribution < 1.29 is 22.7 Å². The minimum atomic E-state index is -3.20. The molecule has 1 aliphatic rings. The van der Waals surface area contributed by atoms with E-state index in [1.54, 1.807) is 20.8 Å². The topological polar surface area (TPSA) is 99.8 Å². The molecule has 0 bridgehead atoms. The fourth-order valence-corrected chi connectivity index (χ4v) is 4.03. The molecule has 1 aromatic heterocycles. The van der Waals surface area contributed by atoms with Gasteiger partial charge in [0.15, 0.2) is 5.78 Å². The van der Waals surface area contributed by atoms with Crippen molar-refractivity contribution in [2.45, 2.75) is 26.8 Å². The summed E-state index contributed by atoms with van der Waals surface area (Å²) in [5, 5.41) is 0. The zero-order chi connectivity index (χ0) is 18.9. The molecule has 9 heteroatoms. The van der Waals surface area contributed by atoms with Gasteiger partial charge in [-0.2, -0.15) is 4.31 Å². The van der Waals surface area contributed by atoms with Gasteiger partial charge >= 0.3 is 5.97 Å². The highest BCUT2D eigenvalue weighted by Gasteiger charge is 2.31. The summed E-state index contributed by atoms with van der Waals surface area (Å²) in [6, 6.07) is -0.413. The molecule has 1 aliphatic heterocycles. The molecule has 0 spiro atoms. The number of carbonyl (C=O) groups is 2. The summed E-state index contributed by atoms with van der Waals surface area (Å²) in [5.41, 5.74) is 1.97. The average Bonchev–Trinajstić information content (AvgIpc) is 2.86. The molecule has 0 saturated carbocycles. The largest absolute Gasteiger partial charge is 0.465 e. The van der Waals surface area contributed by atoms with Crippen LogP contribution in [0.3, 0.4) is 0 Å². The molecule has 2 heterocycles. The van der Waals surface area contributed by atoms with Crippen LogP contribution in [0.4, 0.5) is 0 Å². The number of sulfonamides is 1. The molecular formula is C16H25N3O5S. The van der Waals surface area contributed by atoms with Gasteiger partial charge < -0.3 is 9.72 Å². The van der Waals surface area contributed by atoms with Gasteiger partial charge in [0.2, 0.25) is 10.0 Å². The normalized spacial score (nSPS) is 18.1. The molecule has 1 unspecified atom stereocenters. The Labute approximate surface area is 148 Å². The number of H-pyrrole nitrogens is 1. The first-order valence-corrected chi connectivity index (χ1v) is 9.93. The Hall–Kier alpha value is -1.71. The van der Waals surface area contributed by atoms with Crippen LogP contribution in [0, 0.1) is 13.8 Å². The smallest absolute Gasteiger partial charge is 0.339 e. The number of hydrogen-bond donors (Lipinski definition) is 1. The van der Waals surface area contributed by atoms with Gasteiger partial charge in [0.25, 0.3) is 0 Å². The van der Waals surface area contributed by atoms with Gasteiger partial charge in [-0.25, -0.2) is 13.2 Å². The monoisotopic (exact) mass is 371 g/mol. The number of nitrogens with one attached hydrogen (secondary N) is 1. The number of ether oxygens (including phenoxy) is 1. The standard InChI is InChI=1S/C16H25N3O5S/c1-10-13(16(21)24-4)11(2)17-14(10)15(20)12(3)18-6-8-19(9-7-18)25(5,22)23/h12,17H,6-9H2,1-5H3. The molecule has 0 amide bonds. The lowest BCUT2D eigenvalue weighted by Crippen LogP contribution is -2.52. The minimum absolute atomic E-state index is 0.122. The van der Waals surface area contributed by atoms with Crippen LogP contribution in [0.1, 0.15) is 39.0 Å². The van der Waals surface area contributed by atoms with Crippen molar-refractivity contribution in [1.82, 2.24) is 14.2 Å². The van der Waals surface area contributed by atoms with Gasteiger partial charge in [-0.1, -0.05) is 0 Å². The van der Waals surface area contributed by atoms with Crippen LogP contribution in [0.25, 0.3) is 0 Å². The molecule has 1 atom stereocenters. The number of rotatable bonds is 5. The van der Waals surface area contributed by atoms with Crippen LogP contribution in [0.5, 0.6) is 0 Å². The van der Waals surface area contributed by atoms with Crippen molar-refractivity contribution in [2.75, 3.05) is 39.5 Å². The van der Waals surface area contributed by atoms with Gasteiger partial charge in [-0.05, 0) is 26.3 Å². The highest BCUT2D eigenvalue weighted by molar-refractivity contribution is 7.88. The lowest BCUT2D eigenvalue weighted by molar-refractivity contribution is 0.0599. The van der Waals surface area contributed by atoms with E-state index in [0.717, 1.165) is 0 Å². The maximum atomic E-state index is 12.9. The molecule has 2 rings (SSSR count). The maximum absolute atomic E-state index is 12.9. The second kappa shape index (κ2) is 7.27. The predicted octanol–water partition coefficient (Wildman–Crippen LogP) is 0.567. The fraction of sp³-hybridized carbons (Fsp3) is 0.625. The number of piperazine rings is 1. The highest BCUT2D eigenvalue weighted by atomic mass is 32.2. The number of esters is 1. The first kappa shape index (κ1) is 19.6. The van der Waals surface area contributed by atoms with Crippen molar-refractivity contribution in [3.05, 3.63) is 22.5 Å². The van der Waals surface area contributed by atoms with Gasteiger partial charge in [-0.15, -0.1) is 0 Å². The molecule has 1 saturated heterocycles. The molecule has 0 radical (unpaired) electrons. The lowest BCUT2D eigenvalue weighted by atomic mass is 10.0. The van der Waals surface area contributed by atoms with Gasteiger partial charge in [0.1, 0.15) is 0 Å². The van der Waals surface area contributed by atoms with Crippen LogP contribution in [-0.4, -0.2) is 79.9 Å². The molecule has 1 aromatic rings. The quantitative estimate of drug-likeness (QED) is 0.600. The number of aromatic amines is 1. The van der Waals surface area contributed by atoms with Crippen LogP contribution in [-0.2, 0) is 14.8 Å². The zero-order valence-electron chi connectivity index (χ0n) is 15.2. The number of methoxy groups -OCH3 is 1. The number of carbonyl (C=O) groups excluding carboxylic acids is 2. The van der Waals surface area contributed by atoms with Crippen molar-refractivity contribution in [2.24, 2.45) is 0 Å². The summed E-state index contributed by atoms with van der Waals surface area (Å²) in [4.78, 5) is 29.7. The number of aryl methyl sites for hydroxylation is 1. The summed E-state index contributed by atoms with van der Waals surface area (Å²) < 4.78 is 29.4. The van der Waals surface area contributed by atoms with E-state index in [1.807, 2.05) is 4.90 Å². The van der Waals surface area contributed by atoms with E-state index in [1.165, 1.54) is 17.7 Å². The third kappa shape index (κ3) is 3.94. The molecular weight excluding hydrogens is 346 g/mol. The van der Waals surface area contributed by atoms with Crippen molar-refractivity contribution in [1.29, 1.82) is 0 Å². The van der Waals surface area contributed by atoms with Gasteiger partial charge in [-0.3, -0.25) is 9.69 Å². The van der Waals surface area contributed by atoms with E-state index < -0.39 is 22.0 Å². The first-order valence-electron chi connectivity index (χ1n) is 8.08. The van der Waals surface area contributed by atoms with Crippen LogP contribution >= 0.6 is 0 Å². The molecule has 0 aromatic carbocycles. The molecule has 140 valence electrons. The summed E-state index contributed by atoms with van der Waals surface area (Å²) in [6.45, 7) is 6.96. The average molecular weight is 371 g/mol. The van der Waals surface area contributed by atoms with E-state index in [2.05, 4.69) is 4.98 Å². The number of Topliss-reactive ketones (excluding diaryl/α,β-unsaturated/α-hetero) is 1. The van der Waals surface area contributed by atoms with E-state index in [0.29, 0.717) is 48.7 Å². The van der Waals surface area contributed by atoms with Crippen molar-refractivity contribution in [3.8, 4) is 0 Å². The molecule has 8 nitrogen and oxygen atoms in total. The Morgan fingerprint density at radius 3 is 2.20 bits per heavy atom.